The van der Waals surface area contributed by atoms with E-state index in [0.29, 0.717) is 0 Å². The maximum Gasteiger partial charge on any atom is 0.391 e. The number of amides is 1. The third-order valence-electron chi connectivity index (χ3n) is 1.07. The largest absolute Gasteiger partial charge is 0.391 e. The van der Waals surface area contributed by atoms with Gasteiger partial charge in [-0.1, -0.05) is 15.9 Å². The van der Waals surface area contributed by atoms with E-state index in [0.717, 1.165) is 0 Å². The molecule has 1 N–H and O–H groups in total. The third kappa shape index (κ3) is 6.45. The van der Waals surface area contributed by atoms with Gasteiger partial charge in [0.25, 0.3) is 0 Å². The number of carbonyl (C=O) groups is 1. The van der Waals surface area contributed by atoms with E-state index >= 15 is 0 Å². The van der Waals surface area contributed by atoms with Crippen LogP contribution in [0.4, 0.5) is 13.2 Å². The molecule has 0 rings (SSSR count). The monoisotopic (exact) mass is 247 g/mol. The summed E-state index contributed by atoms with van der Waals surface area (Å²) < 4.78 is 35.1. The van der Waals surface area contributed by atoms with Crippen LogP contribution < -0.4 is 5.32 Å². The highest BCUT2D eigenvalue weighted by atomic mass is 79.9. The predicted octanol–water partition coefficient (Wildman–Crippen LogP) is 1.84. The van der Waals surface area contributed by atoms with Crippen molar-refractivity contribution in [1.29, 1.82) is 0 Å². The molecular formula is C6H9BrF3NO. The molecule has 0 heterocycles. The molecule has 0 aromatic carbocycles. The van der Waals surface area contributed by atoms with Crippen molar-refractivity contribution in [2.75, 3.05) is 5.33 Å². The van der Waals surface area contributed by atoms with E-state index in [1.165, 1.54) is 6.92 Å². The first kappa shape index (κ1) is 11.7. The Morgan fingerprint density at radius 2 is 2.08 bits per heavy atom. The highest BCUT2D eigenvalue weighted by Gasteiger charge is 2.30. The van der Waals surface area contributed by atoms with Gasteiger partial charge in [-0.25, -0.2) is 0 Å². The lowest BCUT2D eigenvalue weighted by molar-refractivity contribution is -0.140. The third-order valence-corrected chi connectivity index (χ3v) is 1.58. The van der Waals surface area contributed by atoms with Crippen LogP contribution in [0.2, 0.25) is 0 Å². The van der Waals surface area contributed by atoms with Crippen molar-refractivity contribution in [3.8, 4) is 0 Å². The molecule has 0 aliphatic heterocycles. The number of rotatable bonds is 3. The van der Waals surface area contributed by atoms with Gasteiger partial charge in [-0.05, 0) is 6.92 Å². The van der Waals surface area contributed by atoms with Gasteiger partial charge in [-0.2, -0.15) is 13.2 Å². The molecule has 0 saturated carbocycles. The molecule has 72 valence electrons. The van der Waals surface area contributed by atoms with Crippen LogP contribution in [-0.4, -0.2) is 23.5 Å². The van der Waals surface area contributed by atoms with Crippen molar-refractivity contribution in [2.24, 2.45) is 0 Å². The topological polar surface area (TPSA) is 29.1 Å². The molecular weight excluding hydrogens is 239 g/mol. The highest BCUT2D eigenvalue weighted by molar-refractivity contribution is 9.09. The first-order valence-corrected chi connectivity index (χ1v) is 4.39. The molecule has 1 amide bonds. The molecule has 0 radical (unpaired) electrons. The Kier molecular flexibility index (Phi) is 4.59. The van der Waals surface area contributed by atoms with Crippen molar-refractivity contribution in [2.45, 2.75) is 25.6 Å². The van der Waals surface area contributed by atoms with Gasteiger partial charge in [0.05, 0.1) is 11.8 Å². The van der Waals surface area contributed by atoms with Gasteiger partial charge < -0.3 is 5.32 Å². The molecule has 0 saturated heterocycles. The number of hydrogen-bond acceptors (Lipinski definition) is 1. The Hall–Kier alpha value is -0.260. The molecule has 0 bridgehead atoms. The van der Waals surface area contributed by atoms with Gasteiger partial charge >= 0.3 is 6.18 Å². The zero-order valence-electron chi connectivity index (χ0n) is 6.41. The van der Waals surface area contributed by atoms with Crippen LogP contribution in [0.5, 0.6) is 0 Å². The molecule has 2 nitrogen and oxygen atoms in total. The van der Waals surface area contributed by atoms with Crippen LogP contribution in [0, 0.1) is 0 Å². The molecule has 6 heteroatoms. The fraction of sp³-hybridized carbons (Fsp3) is 0.833. The SMILES string of the molecule is CC(CC(F)(F)F)NC(=O)CBr. The summed E-state index contributed by atoms with van der Waals surface area (Å²) in [7, 11) is 0. The van der Waals surface area contributed by atoms with Gasteiger partial charge in [0, 0.05) is 6.04 Å². The van der Waals surface area contributed by atoms with E-state index in [1.807, 2.05) is 0 Å². The fourth-order valence-electron chi connectivity index (χ4n) is 0.712. The van der Waals surface area contributed by atoms with Crippen LogP contribution in [0.15, 0.2) is 0 Å². The van der Waals surface area contributed by atoms with Crippen LogP contribution in [0.25, 0.3) is 0 Å². The Labute approximate surface area is 76.6 Å². The number of nitrogens with one attached hydrogen (secondary N) is 1. The minimum absolute atomic E-state index is 0.0230. The summed E-state index contributed by atoms with van der Waals surface area (Å²) in [6, 6.07) is -0.866. The van der Waals surface area contributed by atoms with Gasteiger partial charge in [0.1, 0.15) is 0 Å². The molecule has 1 unspecified atom stereocenters. The molecule has 0 spiro atoms. The van der Waals surface area contributed by atoms with E-state index in [9.17, 15) is 18.0 Å². The van der Waals surface area contributed by atoms with Gasteiger partial charge in [0.2, 0.25) is 5.91 Å². The molecule has 0 aliphatic carbocycles. The van der Waals surface area contributed by atoms with Crippen LogP contribution in [-0.2, 0) is 4.79 Å². The zero-order valence-corrected chi connectivity index (χ0v) is 8.00. The Bertz CT molecular complexity index is 159. The second kappa shape index (κ2) is 4.69. The van der Waals surface area contributed by atoms with Crippen molar-refractivity contribution in [3.63, 3.8) is 0 Å². The van der Waals surface area contributed by atoms with Crippen molar-refractivity contribution < 1.29 is 18.0 Å². The zero-order chi connectivity index (χ0) is 9.78. The van der Waals surface area contributed by atoms with Gasteiger partial charge in [-0.15, -0.1) is 0 Å². The standard InChI is InChI=1S/C6H9BrF3NO/c1-4(2-6(8,9)10)11-5(12)3-7/h4H,2-3H2,1H3,(H,11,12). The minimum Gasteiger partial charge on any atom is -0.353 e. The second-order valence-electron chi connectivity index (χ2n) is 2.42. The first-order valence-electron chi connectivity index (χ1n) is 3.27. The normalized spacial score (nSPS) is 14.1. The summed E-state index contributed by atoms with van der Waals surface area (Å²) in [5.74, 6) is -0.438. The molecule has 0 fully saturated rings. The van der Waals surface area contributed by atoms with Crippen LogP contribution in [0.1, 0.15) is 13.3 Å². The maximum absolute atomic E-state index is 11.7. The van der Waals surface area contributed by atoms with E-state index in [-0.39, 0.29) is 5.33 Å². The fourth-order valence-corrected chi connectivity index (χ4v) is 0.873. The molecule has 0 aromatic rings. The number of alkyl halides is 4. The lowest BCUT2D eigenvalue weighted by Gasteiger charge is -2.14. The summed E-state index contributed by atoms with van der Waals surface area (Å²) in [4.78, 5) is 10.6. The summed E-state index contributed by atoms with van der Waals surface area (Å²) in [6.07, 6.45) is -5.22. The summed E-state index contributed by atoms with van der Waals surface area (Å²) in [5.41, 5.74) is 0. The lowest BCUT2D eigenvalue weighted by atomic mass is 10.2. The Morgan fingerprint density at radius 3 is 2.42 bits per heavy atom. The number of carbonyl (C=O) groups excluding carboxylic acids is 1. The molecule has 0 aliphatic rings. The minimum atomic E-state index is -4.22. The molecule has 12 heavy (non-hydrogen) atoms. The number of halogens is 4. The quantitative estimate of drug-likeness (QED) is 0.758. The smallest absolute Gasteiger partial charge is 0.353 e. The van der Waals surface area contributed by atoms with Crippen LogP contribution in [0.3, 0.4) is 0 Å². The highest BCUT2D eigenvalue weighted by Crippen LogP contribution is 2.21. The predicted molar refractivity (Wildman–Crippen MR) is 42.1 cm³/mol. The van der Waals surface area contributed by atoms with E-state index in [2.05, 4.69) is 21.2 Å². The number of hydrogen-bond donors (Lipinski definition) is 1. The van der Waals surface area contributed by atoms with Crippen molar-refractivity contribution in [3.05, 3.63) is 0 Å². The maximum atomic E-state index is 11.7. The first-order chi connectivity index (χ1) is 5.35. The van der Waals surface area contributed by atoms with E-state index < -0.39 is 24.5 Å². The van der Waals surface area contributed by atoms with Gasteiger partial charge in [-0.3, -0.25) is 4.79 Å². The Balaban J connectivity index is 3.74. The van der Waals surface area contributed by atoms with E-state index in [1.54, 1.807) is 0 Å². The van der Waals surface area contributed by atoms with Crippen molar-refractivity contribution in [1.82, 2.24) is 5.32 Å². The summed E-state index contributed by atoms with van der Waals surface area (Å²) in [5, 5.41) is 2.20. The Morgan fingerprint density at radius 1 is 1.58 bits per heavy atom. The molecule has 0 aromatic heterocycles. The molecule has 1 atom stereocenters. The summed E-state index contributed by atoms with van der Waals surface area (Å²) >= 11 is 2.83. The van der Waals surface area contributed by atoms with Gasteiger partial charge in [0.15, 0.2) is 0 Å². The van der Waals surface area contributed by atoms with Crippen molar-refractivity contribution >= 4 is 21.8 Å². The summed E-state index contributed by atoms with van der Waals surface area (Å²) in [6.45, 7) is 1.31. The average Bonchev–Trinajstić information content (AvgIpc) is 1.82. The van der Waals surface area contributed by atoms with E-state index in [4.69, 9.17) is 0 Å². The second-order valence-corrected chi connectivity index (χ2v) is 2.98. The average molecular weight is 248 g/mol. The van der Waals surface area contributed by atoms with Crippen LogP contribution >= 0.6 is 15.9 Å². The lowest BCUT2D eigenvalue weighted by Crippen LogP contribution is -2.36.